The molecule has 0 saturated carbocycles. The van der Waals surface area contributed by atoms with Crippen molar-refractivity contribution in [2.24, 2.45) is 0 Å². The van der Waals surface area contributed by atoms with Crippen LogP contribution in [0.2, 0.25) is 5.02 Å². The molecule has 0 aliphatic heterocycles. The van der Waals surface area contributed by atoms with Gasteiger partial charge in [0.1, 0.15) is 5.75 Å². The number of rotatable bonds is 7. The Labute approximate surface area is 169 Å². The summed E-state index contributed by atoms with van der Waals surface area (Å²) < 4.78 is 5.20. The lowest BCUT2D eigenvalue weighted by molar-refractivity contribution is 0.0676. The molecule has 3 nitrogen and oxygen atoms in total. The minimum Gasteiger partial charge on any atom is -0.497 e. The molecule has 0 N–H and O–H groups in total. The Morgan fingerprint density at radius 2 is 1.81 bits per heavy atom. The third-order valence-electron chi connectivity index (χ3n) is 4.47. The van der Waals surface area contributed by atoms with Crippen molar-refractivity contribution in [3.8, 4) is 5.75 Å². The van der Waals surface area contributed by atoms with Crippen LogP contribution in [-0.4, -0.2) is 24.0 Å². The highest BCUT2D eigenvalue weighted by Gasteiger charge is 2.22. The molecule has 0 aliphatic rings. The first-order valence-electron chi connectivity index (χ1n) is 8.78. The van der Waals surface area contributed by atoms with Gasteiger partial charge in [-0.2, -0.15) is 0 Å². The number of thiophene rings is 1. The zero-order valence-corrected chi connectivity index (χ0v) is 17.0. The molecule has 1 aromatic heterocycles. The zero-order valence-electron chi connectivity index (χ0n) is 15.4. The number of halogens is 1. The summed E-state index contributed by atoms with van der Waals surface area (Å²) in [5, 5.41) is 2.76. The highest BCUT2D eigenvalue weighted by Crippen LogP contribution is 2.21. The molecule has 0 fully saturated rings. The average Bonchev–Trinajstić information content (AvgIpc) is 3.20. The number of hydrogen-bond donors (Lipinski definition) is 0. The van der Waals surface area contributed by atoms with Crippen molar-refractivity contribution in [1.82, 2.24) is 4.90 Å². The normalized spacial score (nSPS) is 11.8. The largest absolute Gasteiger partial charge is 0.497 e. The summed E-state index contributed by atoms with van der Waals surface area (Å²) >= 11 is 7.72. The van der Waals surface area contributed by atoms with Gasteiger partial charge in [0.15, 0.2) is 0 Å². The Kier molecular flexibility index (Phi) is 6.54. The van der Waals surface area contributed by atoms with E-state index in [1.807, 2.05) is 59.5 Å². The average molecular weight is 400 g/mol. The second kappa shape index (κ2) is 9.07. The van der Waals surface area contributed by atoms with Crippen LogP contribution in [0.3, 0.4) is 0 Å². The quantitative estimate of drug-likeness (QED) is 0.511. The van der Waals surface area contributed by atoms with Gasteiger partial charge in [-0.25, -0.2) is 0 Å². The minimum absolute atomic E-state index is 0.0108. The van der Waals surface area contributed by atoms with E-state index in [4.69, 9.17) is 16.3 Å². The Morgan fingerprint density at radius 1 is 1.11 bits per heavy atom. The monoisotopic (exact) mass is 399 g/mol. The molecule has 140 valence electrons. The molecule has 0 spiro atoms. The standard InChI is InChI=1S/C22H22ClNO2S/c1-16(14-21-4-3-13-27-21)24(15-17-5-9-19(23)10-6-17)22(25)18-7-11-20(26-2)12-8-18/h3-13,16H,14-15H2,1-2H3/t16-/m0/s1. The summed E-state index contributed by atoms with van der Waals surface area (Å²) in [6.45, 7) is 2.63. The fourth-order valence-electron chi connectivity index (χ4n) is 2.94. The lowest BCUT2D eigenvalue weighted by Gasteiger charge is -2.29. The van der Waals surface area contributed by atoms with Crippen LogP contribution in [0.1, 0.15) is 27.7 Å². The van der Waals surface area contributed by atoms with Crippen LogP contribution < -0.4 is 4.74 Å². The SMILES string of the molecule is COc1ccc(C(=O)N(Cc2ccc(Cl)cc2)[C@@H](C)Cc2cccs2)cc1. The molecular formula is C22H22ClNO2S. The van der Waals surface area contributed by atoms with Crippen molar-refractivity contribution in [2.75, 3.05) is 7.11 Å². The fourth-order valence-corrected chi connectivity index (χ4v) is 3.90. The first-order chi connectivity index (χ1) is 13.1. The van der Waals surface area contributed by atoms with Gasteiger partial charge in [-0.1, -0.05) is 29.8 Å². The van der Waals surface area contributed by atoms with Crippen LogP contribution in [0.5, 0.6) is 5.75 Å². The van der Waals surface area contributed by atoms with Gasteiger partial charge < -0.3 is 9.64 Å². The van der Waals surface area contributed by atoms with E-state index in [1.165, 1.54) is 4.88 Å². The summed E-state index contributed by atoms with van der Waals surface area (Å²) in [6.07, 6.45) is 0.827. The van der Waals surface area contributed by atoms with Gasteiger partial charge in [-0.05, 0) is 60.3 Å². The second-order valence-electron chi connectivity index (χ2n) is 6.42. The molecule has 0 unspecified atom stereocenters. The van der Waals surface area contributed by atoms with Gasteiger partial charge in [0.2, 0.25) is 0 Å². The van der Waals surface area contributed by atoms with Crippen molar-refractivity contribution in [3.05, 3.63) is 87.1 Å². The number of amides is 1. The number of carbonyl (C=O) groups is 1. The fraction of sp³-hybridized carbons (Fsp3) is 0.227. The number of nitrogens with zero attached hydrogens (tertiary/aromatic N) is 1. The van der Waals surface area contributed by atoms with Crippen molar-refractivity contribution in [2.45, 2.75) is 25.9 Å². The smallest absolute Gasteiger partial charge is 0.254 e. The number of carbonyl (C=O) groups excluding carboxylic acids is 1. The molecule has 1 amide bonds. The van der Waals surface area contributed by atoms with E-state index in [-0.39, 0.29) is 11.9 Å². The number of ether oxygens (including phenoxy) is 1. The summed E-state index contributed by atoms with van der Waals surface area (Å²) in [5.74, 6) is 0.749. The molecule has 0 radical (unpaired) electrons. The Bertz CT molecular complexity index is 860. The maximum atomic E-state index is 13.2. The minimum atomic E-state index is 0.0108. The van der Waals surface area contributed by atoms with Gasteiger partial charge in [0.05, 0.1) is 7.11 Å². The summed E-state index contributed by atoms with van der Waals surface area (Å²) in [4.78, 5) is 16.4. The van der Waals surface area contributed by atoms with E-state index >= 15 is 0 Å². The Morgan fingerprint density at radius 3 is 2.41 bits per heavy atom. The van der Waals surface area contributed by atoms with Crippen LogP contribution in [0.25, 0.3) is 0 Å². The summed E-state index contributed by atoms with van der Waals surface area (Å²) in [6, 6.07) is 19.1. The molecule has 0 aliphatic carbocycles. The van der Waals surface area contributed by atoms with E-state index < -0.39 is 0 Å². The highest BCUT2D eigenvalue weighted by molar-refractivity contribution is 7.09. The van der Waals surface area contributed by atoms with Crippen LogP contribution in [0.4, 0.5) is 0 Å². The second-order valence-corrected chi connectivity index (χ2v) is 7.89. The van der Waals surface area contributed by atoms with Crippen molar-refractivity contribution < 1.29 is 9.53 Å². The van der Waals surface area contributed by atoms with Crippen LogP contribution in [0, 0.1) is 0 Å². The maximum absolute atomic E-state index is 13.2. The van der Waals surface area contributed by atoms with Crippen molar-refractivity contribution in [3.63, 3.8) is 0 Å². The number of methoxy groups -OCH3 is 1. The van der Waals surface area contributed by atoms with Gasteiger partial charge in [-0.3, -0.25) is 4.79 Å². The van der Waals surface area contributed by atoms with Crippen LogP contribution in [0.15, 0.2) is 66.0 Å². The van der Waals surface area contributed by atoms with Crippen LogP contribution >= 0.6 is 22.9 Å². The molecule has 1 atom stereocenters. The van der Waals surface area contributed by atoms with Crippen LogP contribution in [-0.2, 0) is 13.0 Å². The topological polar surface area (TPSA) is 29.5 Å². The summed E-state index contributed by atoms with van der Waals surface area (Å²) in [5.41, 5.74) is 1.71. The van der Waals surface area contributed by atoms with Gasteiger partial charge in [0, 0.05) is 34.5 Å². The predicted octanol–water partition coefficient (Wildman–Crippen LogP) is 5.68. The van der Waals surface area contributed by atoms with E-state index in [2.05, 4.69) is 18.4 Å². The first-order valence-corrected chi connectivity index (χ1v) is 10.0. The maximum Gasteiger partial charge on any atom is 0.254 e. The molecule has 3 aromatic rings. The Hall–Kier alpha value is -2.30. The van der Waals surface area contributed by atoms with Gasteiger partial charge in [0.25, 0.3) is 5.91 Å². The highest BCUT2D eigenvalue weighted by atomic mass is 35.5. The van der Waals surface area contributed by atoms with E-state index in [0.717, 1.165) is 17.7 Å². The van der Waals surface area contributed by atoms with E-state index in [9.17, 15) is 4.79 Å². The predicted molar refractivity (Wildman–Crippen MR) is 112 cm³/mol. The number of hydrogen-bond acceptors (Lipinski definition) is 3. The lowest BCUT2D eigenvalue weighted by atomic mass is 10.1. The lowest BCUT2D eigenvalue weighted by Crippen LogP contribution is -2.39. The van der Waals surface area contributed by atoms with E-state index in [0.29, 0.717) is 17.1 Å². The first kappa shape index (κ1) is 19.5. The third-order valence-corrected chi connectivity index (χ3v) is 5.62. The molecule has 2 aromatic carbocycles. The molecular weight excluding hydrogens is 378 g/mol. The van der Waals surface area contributed by atoms with Crippen molar-refractivity contribution >= 4 is 28.8 Å². The Balaban J connectivity index is 1.84. The molecule has 0 bridgehead atoms. The summed E-state index contributed by atoms with van der Waals surface area (Å²) in [7, 11) is 1.62. The van der Waals surface area contributed by atoms with E-state index in [1.54, 1.807) is 18.4 Å². The molecule has 1 heterocycles. The molecule has 5 heteroatoms. The molecule has 3 rings (SSSR count). The molecule has 0 saturated heterocycles. The van der Waals surface area contributed by atoms with Gasteiger partial charge in [-0.15, -0.1) is 11.3 Å². The van der Waals surface area contributed by atoms with Gasteiger partial charge >= 0.3 is 0 Å². The zero-order chi connectivity index (χ0) is 19.2. The van der Waals surface area contributed by atoms with Crippen molar-refractivity contribution in [1.29, 1.82) is 0 Å². The third kappa shape index (κ3) is 5.12. The number of benzene rings is 2. The molecule has 27 heavy (non-hydrogen) atoms.